The molecule has 1 aromatic heterocycles. The van der Waals surface area contributed by atoms with Gasteiger partial charge in [0, 0.05) is 24.3 Å². The van der Waals surface area contributed by atoms with Crippen LogP contribution in [0.3, 0.4) is 0 Å². The molecule has 0 aliphatic carbocycles. The van der Waals surface area contributed by atoms with E-state index in [0.717, 1.165) is 17.1 Å². The summed E-state index contributed by atoms with van der Waals surface area (Å²) in [4.78, 5) is 14.1. The van der Waals surface area contributed by atoms with Crippen LogP contribution in [0, 0.1) is 13.8 Å². The van der Waals surface area contributed by atoms with E-state index in [9.17, 15) is 4.79 Å². The highest BCUT2D eigenvalue weighted by molar-refractivity contribution is 5.81. The highest BCUT2D eigenvalue weighted by Crippen LogP contribution is 2.19. The molecule has 0 saturated carbocycles. The van der Waals surface area contributed by atoms with Crippen LogP contribution in [-0.2, 0) is 11.3 Å². The number of para-hydroxylation sites is 1. The average Bonchev–Trinajstić information content (AvgIpc) is 2.83. The number of benzene rings is 1. The summed E-state index contributed by atoms with van der Waals surface area (Å²) in [5.74, 6) is 0.0563. The van der Waals surface area contributed by atoms with E-state index in [0.29, 0.717) is 13.1 Å². The van der Waals surface area contributed by atoms with Crippen LogP contribution < -0.4 is 5.32 Å². The molecule has 23 heavy (non-hydrogen) atoms. The van der Waals surface area contributed by atoms with Gasteiger partial charge in [-0.15, -0.1) is 0 Å². The van der Waals surface area contributed by atoms with Gasteiger partial charge in [0.2, 0.25) is 5.91 Å². The van der Waals surface area contributed by atoms with Crippen LogP contribution >= 0.6 is 0 Å². The molecule has 5 heteroatoms. The van der Waals surface area contributed by atoms with E-state index in [1.165, 1.54) is 5.56 Å². The fraction of sp³-hybridized carbons (Fsp3) is 0.444. The van der Waals surface area contributed by atoms with Crippen LogP contribution in [0.25, 0.3) is 5.69 Å². The monoisotopic (exact) mass is 314 g/mol. The minimum atomic E-state index is -0.172. The lowest BCUT2D eigenvalue weighted by molar-refractivity contribution is -0.125. The summed E-state index contributed by atoms with van der Waals surface area (Å²) in [6.45, 7) is 9.31. The van der Waals surface area contributed by atoms with E-state index >= 15 is 0 Å². The number of hydrogen-bond donors (Lipinski definition) is 1. The third-order valence-electron chi connectivity index (χ3n) is 4.24. The summed E-state index contributed by atoms with van der Waals surface area (Å²) in [6.07, 6.45) is 0. The second-order valence-electron chi connectivity index (χ2n) is 5.88. The number of aryl methyl sites for hydroxylation is 1. The van der Waals surface area contributed by atoms with Gasteiger partial charge in [-0.3, -0.25) is 9.69 Å². The minimum Gasteiger partial charge on any atom is -0.355 e. The highest BCUT2D eigenvalue weighted by Gasteiger charge is 2.21. The number of hydrogen-bond acceptors (Lipinski definition) is 3. The van der Waals surface area contributed by atoms with E-state index in [-0.39, 0.29) is 11.9 Å². The van der Waals surface area contributed by atoms with Crippen molar-refractivity contribution in [3.05, 3.63) is 47.3 Å². The van der Waals surface area contributed by atoms with Crippen LogP contribution in [0.15, 0.2) is 30.3 Å². The molecule has 5 nitrogen and oxygen atoms in total. The van der Waals surface area contributed by atoms with Crippen molar-refractivity contribution in [2.75, 3.05) is 13.6 Å². The van der Waals surface area contributed by atoms with Gasteiger partial charge >= 0.3 is 0 Å². The molecule has 0 bridgehead atoms. The van der Waals surface area contributed by atoms with E-state index in [4.69, 9.17) is 0 Å². The number of amides is 1. The number of nitrogens with zero attached hydrogens (tertiary/aromatic N) is 3. The Balaban J connectivity index is 2.21. The van der Waals surface area contributed by atoms with Gasteiger partial charge in [-0.1, -0.05) is 18.2 Å². The van der Waals surface area contributed by atoms with Gasteiger partial charge in [0.25, 0.3) is 0 Å². The van der Waals surface area contributed by atoms with Crippen LogP contribution in [0.4, 0.5) is 0 Å². The van der Waals surface area contributed by atoms with Crippen molar-refractivity contribution >= 4 is 5.91 Å². The Morgan fingerprint density at radius 3 is 2.57 bits per heavy atom. The summed E-state index contributed by atoms with van der Waals surface area (Å²) < 4.78 is 1.97. The van der Waals surface area contributed by atoms with Gasteiger partial charge in [-0.25, -0.2) is 4.68 Å². The Morgan fingerprint density at radius 1 is 1.30 bits per heavy atom. The van der Waals surface area contributed by atoms with Crippen molar-refractivity contribution in [1.29, 1.82) is 0 Å². The molecule has 1 amide bonds. The second kappa shape index (κ2) is 7.42. The van der Waals surface area contributed by atoms with E-state index < -0.39 is 0 Å². The molecule has 0 fully saturated rings. The molecular weight excluding hydrogens is 288 g/mol. The number of aromatic nitrogens is 2. The summed E-state index contributed by atoms with van der Waals surface area (Å²) in [7, 11) is 1.97. The molecule has 2 rings (SSSR count). The van der Waals surface area contributed by atoms with Crippen LogP contribution in [0.2, 0.25) is 0 Å². The van der Waals surface area contributed by atoms with E-state index in [1.807, 2.05) is 62.8 Å². The molecule has 0 unspecified atom stereocenters. The standard InChI is InChI=1S/C18H26N4O/c1-6-19-18(23)15(4)21(5)12-17-13(2)20-22(14(17)3)16-10-8-7-9-11-16/h7-11,15H,6,12H2,1-5H3,(H,19,23)/t15-/m1/s1. The highest BCUT2D eigenvalue weighted by atomic mass is 16.2. The fourth-order valence-electron chi connectivity index (χ4n) is 2.63. The van der Waals surface area contributed by atoms with Crippen molar-refractivity contribution < 1.29 is 4.79 Å². The molecule has 0 aliphatic rings. The Kier molecular flexibility index (Phi) is 5.55. The summed E-state index contributed by atoms with van der Waals surface area (Å²) in [5.41, 5.74) is 4.34. The van der Waals surface area contributed by atoms with Crippen molar-refractivity contribution in [2.24, 2.45) is 0 Å². The van der Waals surface area contributed by atoms with E-state index in [1.54, 1.807) is 0 Å². The van der Waals surface area contributed by atoms with Gasteiger partial charge in [-0.05, 0) is 46.9 Å². The second-order valence-corrected chi connectivity index (χ2v) is 5.88. The maximum atomic E-state index is 12.0. The van der Waals surface area contributed by atoms with Crippen molar-refractivity contribution in [2.45, 2.75) is 40.3 Å². The first-order valence-corrected chi connectivity index (χ1v) is 8.04. The quantitative estimate of drug-likeness (QED) is 0.891. The number of nitrogens with one attached hydrogen (secondary N) is 1. The number of carbonyl (C=O) groups excluding carboxylic acids is 1. The predicted molar refractivity (Wildman–Crippen MR) is 92.7 cm³/mol. The molecule has 2 aromatic rings. The molecule has 1 atom stereocenters. The van der Waals surface area contributed by atoms with Crippen molar-refractivity contribution in [1.82, 2.24) is 20.0 Å². The zero-order chi connectivity index (χ0) is 17.0. The van der Waals surface area contributed by atoms with Gasteiger partial charge in [0.15, 0.2) is 0 Å². The number of carbonyl (C=O) groups is 1. The topological polar surface area (TPSA) is 50.2 Å². The van der Waals surface area contributed by atoms with Crippen LogP contribution in [-0.4, -0.2) is 40.2 Å². The maximum absolute atomic E-state index is 12.0. The average molecular weight is 314 g/mol. The lowest BCUT2D eigenvalue weighted by atomic mass is 10.1. The number of likely N-dealkylation sites (N-methyl/N-ethyl adjacent to an activating group) is 2. The summed E-state index contributed by atoms with van der Waals surface area (Å²) in [5, 5.41) is 7.53. The molecule has 1 heterocycles. The van der Waals surface area contributed by atoms with E-state index in [2.05, 4.69) is 22.2 Å². The zero-order valence-corrected chi connectivity index (χ0v) is 14.6. The van der Waals surface area contributed by atoms with Gasteiger partial charge in [0.05, 0.1) is 17.4 Å². The normalized spacial score (nSPS) is 12.4. The van der Waals surface area contributed by atoms with Gasteiger partial charge in [-0.2, -0.15) is 5.10 Å². The first-order valence-electron chi connectivity index (χ1n) is 8.04. The zero-order valence-electron chi connectivity index (χ0n) is 14.6. The largest absolute Gasteiger partial charge is 0.355 e. The third-order valence-corrected chi connectivity index (χ3v) is 4.24. The lowest BCUT2D eigenvalue weighted by Gasteiger charge is -2.23. The van der Waals surface area contributed by atoms with Gasteiger partial charge in [0.1, 0.15) is 0 Å². The third kappa shape index (κ3) is 3.79. The summed E-state index contributed by atoms with van der Waals surface area (Å²) in [6, 6.07) is 9.93. The Bertz CT molecular complexity index is 663. The smallest absolute Gasteiger partial charge is 0.237 e. The molecule has 0 saturated heterocycles. The van der Waals surface area contributed by atoms with Crippen LogP contribution in [0.5, 0.6) is 0 Å². The SMILES string of the molecule is CCNC(=O)[C@@H](C)N(C)Cc1c(C)nn(-c2ccccc2)c1C. The molecular formula is C18H26N4O. The Hall–Kier alpha value is -2.14. The Morgan fingerprint density at radius 2 is 1.96 bits per heavy atom. The minimum absolute atomic E-state index is 0.0563. The molecule has 0 spiro atoms. The first-order chi connectivity index (χ1) is 11.0. The van der Waals surface area contributed by atoms with Crippen LogP contribution in [0.1, 0.15) is 30.8 Å². The van der Waals surface area contributed by atoms with Crippen molar-refractivity contribution in [3.8, 4) is 5.69 Å². The molecule has 124 valence electrons. The Labute approximate surface area is 138 Å². The molecule has 1 N–H and O–H groups in total. The molecule has 0 aliphatic heterocycles. The maximum Gasteiger partial charge on any atom is 0.237 e. The lowest BCUT2D eigenvalue weighted by Crippen LogP contribution is -2.42. The summed E-state index contributed by atoms with van der Waals surface area (Å²) >= 11 is 0. The number of rotatable bonds is 6. The molecule has 1 aromatic carbocycles. The predicted octanol–water partition coefficient (Wildman–Crippen LogP) is 2.45. The van der Waals surface area contributed by atoms with Crippen molar-refractivity contribution in [3.63, 3.8) is 0 Å². The fourth-order valence-corrected chi connectivity index (χ4v) is 2.63. The molecule has 0 radical (unpaired) electrons. The van der Waals surface area contributed by atoms with Gasteiger partial charge < -0.3 is 5.32 Å². The first kappa shape index (κ1) is 17.2.